The van der Waals surface area contributed by atoms with Gasteiger partial charge in [0.15, 0.2) is 0 Å². The summed E-state index contributed by atoms with van der Waals surface area (Å²) in [7, 11) is 0. The minimum atomic E-state index is -0.561. The van der Waals surface area contributed by atoms with E-state index in [1.807, 2.05) is 23.1 Å². The van der Waals surface area contributed by atoms with Gasteiger partial charge in [-0.1, -0.05) is 169 Å². The third-order valence-corrected chi connectivity index (χ3v) is 16.9. The first-order valence-corrected chi connectivity index (χ1v) is 24.6. The molecule has 11 aromatic carbocycles. The molecule has 2 aromatic heterocycles. The van der Waals surface area contributed by atoms with Crippen molar-refractivity contribution in [3.63, 3.8) is 0 Å². The average molecular weight is 887 g/mol. The van der Waals surface area contributed by atoms with Crippen LogP contribution in [-0.4, -0.2) is 4.57 Å². The van der Waals surface area contributed by atoms with Gasteiger partial charge in [0.05, 0.1) is 22.1 Å². The second-order valence-corrected chi connectivity index (χ2v) is 20.1. The lowest BCUT2D eigenvalue weighted by Crippen LogP contribution is -2.36. The Bertz CT molecular complexity index is 4220. The van der Waals surface area contributed by atoms with Crippen LogP contribution in [0.4, 0.5) is 17.1 Å². The van der Waals surface area contributed by atoms with Crippen LogP contribution in [-0.2, 0) is 5.41 Å². The van der Waals surface area contributed by atoms with Gasteiger partial charge in [-0.15, -0.1) is 11.3 Å². The van der Waals surface area contributed by atoms with Crippen molar-refractivity contribution in [2.24, 2.45) is 0 Å². The molecule has 2 nitrogen and oxygen atoms in total. The smallest absolute Gasteiger partial charge is 0.0736 e. The molecule has 15 rings (SSSR count). The number of fused-ring (bicyclic) bond motifs is 15. The van der Waals surface area contributed by atoms with Crippen molar-refractivity contribution in [2.75, 3.05) is 4.90 Å². The summed E-state index contributed by atoms with van der Waals surface area (Å²) in [6.45, 7) is 0. The number of benzene rings is 11. The van der Waals surface area contributed by atoms with Crippen molar-refractivity contribution in [2.45, 2.75) is 15.2 Å². The SMILES string of the molecule is c1ccc2c(c1)Sc1ccc(N(c3ccc4c(c3)c3ccccc3n4-c3ccc4c(c3)sc3ccccc34)c3cccc4ccccc34)cc1C21c2ccccc2-c2cccc3cccc1c23. The summed E-state index contributed by atoms with van der Waals surface area (Å²) in [5, 5.41) is 10.1. The highest BCUT2D eigenvalue weighted by atomic mass is 32.2. The van der Waals surface area contributed by atoms with Crippen LogP contribution in [0.5, 0.6) is 0 Å². The van der Waals surface area contributed by atoms with E-state index >= 15 is 0 Å². The molecule has 0 N–H and O–H groups in total. The normalized spacial score (nSPS) is 14.9. The van der Waals surface area contributed by atoms with Gasteiger partial charge in [-0.25, -0.2) is 0 Å². The molecular formula is C63H38N2S2. The van der Waals surface area contributed by atoms with Crippen molar-refractivity contribution < 1.29 is 0 Å². The predicted octanol–water partition coefficient (Wildman–Crippen LogP) is 17.8. The van der Waals surface area contributed by atoms with E-state index in [1.54, 1.807) is 0 Å². The third kappa shape index (κ3) is 5.17. The van der Waals surface area contributed by atoms with Crippen LogP contribution in [0.2, 0.25) is 0 Å². The Morgan fingerprint density at radius 1 is 0.373 bits per heavy atom. The Balaban J connectivity index is 0.998. The summed E-state index contributed by atoms with van der Waals surface area (Å²) in [5.41, 5.74) is 14.3. The number of anilines is 3. The van der Waals surface area contributed by atoms with E-state index in [0.29, 0.717) is 0 Å². The Hall–Kier alpha value is -7.89. The Kier molecular flexibility index (Phi) is 7.84. The molecule has 4 heteroatoms. The second-order valence-electron chi connectivity index (χ2n) is 17.9. The molecule has 1 spiro atoms. The Labute approximate surface area is 395 Å². The molecule has 0 bridgehead atoms. The molecule has 13 aromatic rings. The summed E-state index contributed by atoms with van der Waals surface area (Å²) in [4.78, 5) is 5.09. The van der Waals surface area contributed by atoms with Gasteiger partial charge in [0.25, 0.3) is 0 Å². The number of rotatable bonds is 4. The van der Waals surface area contributed by atoms with Crippen LogP contribution in [0.3, 0.4) is 0 Å². The number of nitrogens with zero attached hydrogens (tertiary/aromatic N) is 2. The quantitative estimate of drug-likeness (QED) is 0.174. The molecule has 2 aliphatic rings. The minimum absolute atomic E-state index is 0.561. The molecule has 312 valence electrons. The highest BCUT2D eigenvalue weighted by Crippen LogP contribution is 2.62. The van der Waals surface area contributed by atoms with Crippen LogP contribution in [0.1, 0.15) is 22.3 Å². The largest absolute Gasteiger partial charge is 0.310 e. The lowest BCUT2D eigenvalue weighted by atomic mass is 9.59. The van der Waals surface area contributed by atoms with E-state index < -0.39 is 5.41 Å². The summed E-state index contributed by atoms with van der Waals surface area (Å²) in [5.74, 6) is 0. The fourth-order valence-corrected chi connectivity index (χ4v) is 14.2. The highest BCUT2D eigenvalue weighted by Gasteiger charge is 2.48. The Morgan fingerprint density at radius 3 is 1.96 bits per heavy atom. The molecular weight excluding hydrogens is 849 g/mol. The standard InChI is InChI=1S/C63H38N2S2/c1-2-18-44-39(14-1)15-13-27-55(44)64(41-31-34-57-50(36-41)46-20-4-8-26-56(46)65(57)43-30-33-48-47-21-5-9-28-58(47)66-61(48)38-43)42-32-35-60-54(37-42)63(52-24-7-10-29-59(52)67-60)51-23-6-3-19-45(51)49-22-11-16-40-17-12-25-53(63)62(40)49/h1-38H. The number of thiophene rings is 1. The van der Waals surface area contributed by atoms with Gasteiger partial charge in [0.1, 0.15) is 0 Å². The Morgan fingerprint density at radius 2 is 1.01 bits per heavy atom. The lowest BCUT2D eigenvalue weighted by molar-refractivity contribution is 0.707. The van der Waals surface area contributed by atoms with Crippen molar-refractivity contribution in [3.8, 4) is 16.8 Å². The van der Waals surface area contributed by atoms with E-state index in [4.69, 9.17) is 0 Å². The van der Waals surface area contributed by atoms with E-state index in [2.05, 4.69) is 240 Å². The van der Waals surface area contributed by atoms with Gasteiger partial charge < -0.3 is 9.47 Å². The zero-order chi connectivity index (χ0) is 43.8. The fourth-order valence-electron chi connectivity index (χ4n) is 11.9. The molecule has 0 radical (unpaired) electrons. The fraction of sp³-hybridized carbons (Fsp3) is 0.0159. The highest BCUT2D eigenvalue weighted by molar-refractivity contribution is 7.99. The first-order chi connectivity index (χ1) is 33.2. The van der Waals surface area contributed by atoms with Gasteiger partial charge >= 0.3 is 0 Å². The molecule has 1 aliphatic heterocycles. The van der Waals surface area contributed by atoms with Crippen molar-refractivity contribution >= 4 is 104 Å². The number of hydrogen-bond acceptors (Lipinski definition) is 3. The maximum Gasteiger partial charge on any atom is 0.0736 e. The minimum Gasteiger partial charge on any atom is -0.310 e. The number of aromatic nitrogens is 1. The lowest BCUT2D eigenvalue weighted by Gasteiger charge is -2.46. The zero-order valence-corrected chi connectivity index (χ0v) is 37.8. The van der Waals surface area contributed by atoms with Crippen molar-refractivity contribution in [3.05, 3.63) is 253 Å². The van der Waals surface area contributed by atoms with Crippen molar-refractivity contribution in [1.29, 1.82) is 0 Å². The molecule has 67 heavy (non-hydrogen) atoms. The molecule has 0 fully saturated rings. The van der Waals surface area contributed by atoms with Gasteiger partial charge in [-0.3, -0.25) is 0 Å². The van der Waals surface area contributed by atoms with Crippen LogP contribution < -0.4 is 4.90 Å². The maximum absolute atomic E-state index is 2.53. The third-order valence-electron chi connectivity index (χ3n) is 14.6. The van der Waals surface area contributed by atoms with Crippen LogP contribution in [0.15, 0.2) is 240 Å². The van der Waals surface area contributed by atoms with Gasteiger partial charge in [0.2, 0.25) is 0 Å². The summed E-state index contributed by atoms with van der Waals surface area (Å²) < 4.78 is 5.08. The molecule has 1 aliphatic carbocycles. The maximum atomic E-state index is 2.53. The first-order valence-electron chi connectivity index (χ1n) is 23.0. The molecule has 0 amide bonds. The van der Waals surface area contributed by atoms with Gasteiger partial charge in [0, 0.05) is 63.2 Å². The van der Waals surface area contributed by atoms with Gasteiger partial charge in [-0.2, -0.15) is 0 Å². The number of hydrogen-bond donors (Lipinski definition) is 0. The molecule has 1 unspecified atom stereocenters. The summed E-state index contributed by atoms with van der Waals surface area (Å²) >= 11 is 3.77. The summed E-state index contributed by atoms with van der Waals surface area (Å²) in [6.07, 6.45) is 0. The van der Waals surface area contributed by atoms with E-state index in [0.717, 1.165) is 17.1 Å². The van der Waals surface area contributed by atoms with E-state index in [-0.39, 0.29) is 0 Å². The first kappa shape index (κ1) is 37.3. The van der Waals surface area contributed by atoms with E-state index in [1.165, 1.54) is 112 Å². The van der Waals surface area contributed by atoms with E-state index in [9.17, 15) is 0 Å². The monoisotopic (exact) mass is 886 g/mol. The molecule has 0 saturated carbocycles. The summed E-state index contributed by atoms with van der Waals surface area (Å²) in [6, 6.07) is 86.6. The van der Waals surface area contributed by atoms with Gasteiger partial charge in [-0.05, 0) is 122 Å². The average Bonchev–Trinajstić information content (AvgIpc) is 3.93. The van der Waals surface area contributed by atoms with Crippen LogP contribution >= 0.6 is 23.1 Å². The number of para-hydroxylation sites is 1. The molecule has 0 saturated heterocycles. The predicted molar refractivity (Wildman–Crippen MR) is 285 cm³/mol. The molecule has 3 heterocycles. The second kappa shape index (κ2) is 14.1. The zero-order valence-electron chi connectivity index (χ0n) is 36.2. The van der Waals surface area contributed by atoms with Crippen molar-refractivity contribution in [1.82, 2.24) is 4.57 Å². The topological polar surface area (TPSA) is 8.17 Å². The molecule has 1 atom stereocenters. The van der Waals surface area contributed by atoms with Crippen LogP contribution in [0.25, 0.3) is 80.3 Å². The van der Waals surface area contributed by atoms with Crippen LogP contribution in [0, 0.1) is 0 Å².